The van der Waals surface area contributed by atoms with Crippen molar-refractivity contribution in [2.75, 3.05) is 7.11 Å². The molecule has 0 N–H and O–H groups in total. The molecule has 1 aromatic heterocycles. The highest BCUT2D eigenvalue weighted by molar-refractivity contribution is 6.05. The molecule has 2 rings (SSSR count). The Morgan fingerprint density at radius 1 is 1.33 bits per heavy atom. The van der Waals surface area contributed by atoms with Crippen LogP contribution in [0.2, 0.25) is 0 Å². The Balaban J connectivity index is 2.79. The average Bonchev–Trinajstić information content (AvgIpc) is 2.55. The molecule has 0 spiro atoms. The summed E-state index contributed by atoms with van der Waals surface area (Å²) >= 11 is 0. The van der Waals surface area contributed by atoms with Gasteiger partial charge in [0.25, 0.3) is 0 Å². The third-order valence-corrected chi connectivity index (χ3v) is 2.33. The molecule has 0 aliphatic heterocycles. The number of carbonyl (C=O) groups excluding carboxylic acids is 1. The van der Waals surface area contributed by atoms with E-state index in [1.807, 2.05) is 19.1 Å². The lowest BCUT2D eigenvalue weighted by atomic mass is 10.1. The zero-order chi connectivity index (χ0) is 11.0. The summed E-state index contributed by atoms with van der Waals surface area (Å²) in [6.45, 7) is 3.38. The van der Waals surface area contributed by atoms with Crippen LogP contribution in [0.5, 0.6) is 5.75 Å². The molecule has 0 radical (unpaired) electrons. The summed E-state index contributed by atoms with van der Waals surface area (Å²) in [6.07, 6.45) is 0. The van der Waals surface area contributed by atoms with Gasteiger partial charge in [-0.25, -0.2) is 0 Å². The summed E-state index contributed by atoms with van der Waals surface area (Å²) in [7, 11) is 1.58. The van der Waals surface area contributed by atoms with Crippen LogP contribution in [-0.2, 0) is 0 Å². The van der Waals surface area contributed by atoms with Crippen LogP contribution in [0.4, 0.5) is 0 Å². The molecule has 0 saturated carbocycles. The topological polar surface area (TPSA) is 39.4 Å². The van der Waals surface area contributed by atoms with Crippen molar-refractivity contribution in [2.45, 2.75) is 13.8 Å². The number of methoxy groups -OCH3 is 1. The van der Waals surface area contributed by atoms with Gasteiger partial charge in [-0.15, -0.1) is 0 Å². The van der Waals surface area contributed by atoms with Gasteiger partial charge in [-0.05, 0) is 32.0 Å². The highest BCUT2D eigenvalue weighted by Crippen LogP contribution is 2.28. The number of ether oxygens (including phenoxy) is 1. The van der Waals surface area contributed by atoms with Gasteiger partial charge < -0.3 is 9.15 Å². The SMILES string of the molecule is COc1cc(C(C)=O)c2oc(C)cc2c1. The Morgan fingerprint density at radius 2 is 2.07 bits per heavy atom. The zero-order valence-corrected chi connectivity index (χ0v) is 8.96. The Hall–Kier alpha value is -1.77. The molecule has 3 nitrogen and oxygen atoms in total. The van der Waals surface area contributed by atoms with Crippen LogP contribution in [0.1, 0.15) is 23.0 Å². The summed E-state index contributed by atoms with van der Waals surface area (Å²) < 4.78 is 10.6. The average molecular weight is 204 g/mol. The molecule has 3 heteroatoms. The van der Waals surface area contributed by atoms with Crippen LogP contribution in [-0.4, -0.2) is 12.9 Å². The lowest BCUT2D eigenvalue weighted by Crippen LogP contribution is -1.94. The molecular formula is C12H12O3. The number of carbonyl (C=O) groups is 1. The van der Waals surface area contributed by atoms with Gasteiger partial charge in [0.1, 0.15) is 17.1 Å². The summed E-state index contributed by atoms with van der Waals surface area (Å²) in [5, 5.41) is 0.900. The van der Waals surface area contributed by atoms with Crippen molar-refractivity contribution in [2.24, 2.45) is 0 Å². The fourth-order valence-corrected chi connectivity index (χ4v) is 1.63. The zero-order valence-electron chi connectivity index (χ0n) is 8.96. The van der Waals surface area contributed by atoms with Crippen molar-refractivity contribution in [1.82, 2.24) is 0 Å². The normalized spacial score (nSPS) is 10.6. The molecule has 0 bridgehead atoms. The fraction of sp³-hybridized carbons (Fsp3) is 0.250. The minimum Gasteiger partial charge on any atom is -0.497 e. The van der Waals surface area contributed by atoms with E-state index in [0.29, 0.717) is 16.9 Å². The Bertz CT molecular complexity index is 523. The number of ketones is 1. The first-order valence-electron chi connectivity index (χ1n) is 4.71. The summed E-state index contributed by atoms with van der Waals surface area (Å²) in [6, 6.07) is 5.45. The maximum absolute atomic E-state index is 11.4. The van der Waals surface area contributed by atoms with Crippen molar-refractivity contribution in [1.29, 1.82) is 0 Å². The minimum absolute atomic E-state index is 0.0201. The number of hydrogen-bond acceptors (Lipinski definition) is 3. The first-order valence-corrected chi connectivity index (χ1v) is 4.71. The Labute approximate surface area is 87.6 Å². The molecular weight excluding hydrogens is 192 g/mol. The highest BCUT2D eigenvalue weighted by atomic mass is 16.5. The van der Waals surface area contributed by atoms with Crippen LogP contribution in [0.25, 0.3) is 11.0 Å². The molecule has 1 aromatic carbocycles. The van der Waals surface area contributed by atoms with E-state index in [9.17, 15) is 4.79 Å². The molecule has 0 aliphatic carbocycles. The molecule has 0 unspecified atom stereocenters. The van der Waals surface area contributed by atoms with Crippen molar-refractivity contribution in [3.05, 3.63) is 29.5 Å². The molecule has 0 atom stereocenters. The van der Waals surface area contributed by atoms with E-state index < -0.39 is 0 Å². The van der Waals surface area contributed by atoms with E-state index in [1.165, 1.54) is 6.92 Å². The molecule has 0 fully saturated rings. The van der Waals surface area contributed by atoms with Gasteiger partial charge in [-0.2, -0.15) is 0 Å². The highest BCUT2D eigenvalue weighted by Gasteiger charge is 2.12. The fourth-order valence-electron chi connectivity index (χ4n) is 1.63. The first kappa shape index (κ1) is 9.77. The van der Waals surface area contributed by atoms with Gasteiger partial charge in [0, 0.05) is 5.39 Å². The molecule has 15 heavy (non-hydrogen) atoms. The molecule has 1 heterocycles. The monoisotopic (exact) mass is 204 g/mol. The molecule has 0 amide bonds. The van der Waals surface area contributed by atoms with Crippen molar-refractivity contribution in [3.63, 3.8) is 0 Å². The smallest absolute Gasteiger partial charge is 0.163 e. The molecule has 2 aromatic rings. The van der Waals surface area contributed by atoms with E-state index in [4.69, 9.17) is 9.15 Å². The van der Waals surface area contributed by atoms with Crippen LogP contribution >= 0.6 is 0 Å². The maximum atomic E-state index is 11.4. The van der Waals surface area contributed by atoms with Crippen molar-refractivity contribution >= 4 is 16.8 Å². The van der Waals surface area contributed by atoms with Crippen LogP contribution in [0, 0.1) is 6.92 Å². The Morgan fingerprint density at radius 3 is 2.67 bits per heavy atom. The predicted molar refractivity (Wildman–Crippen MR) is 57.5 cm³/mol. The van der Waals surface area contributed by atoms with Gasteiger partial charge in [-0.3, -0.25) is 4.79 Å². The van der Waals surface area contributed by atoms with E-state index in [2.05, 4.69) is 0 Å². The second-order valence-electron chi connectivity index (χ2n) is 3.51. The largest absolute Gasteiger partial charge is 0.497 e. The summed E-state index contributed by atoms with van der Waals surface area (Å²) in [5.74, 6) is 1.45. The molecule has 0 aliphatic rings. The van der Waals surface area contributed by atoms with Crippen molar-refractivity contribution < 1.29 is 13.9 Å². The number of rotatable bonds is 2. The quantitative estimate of drug-likeness (QED) is 0.706. The predicted octanol–water partition coefficient (Wildman–Crippen LogP) is 2.95. The lowest BCUT2D eigenvalue weighted by Gasteiger charge is -2.02. The second-order valence-corrected chi connectivity index (χ2v) is 3.51. The maximum Gasteiger partial charge on any atom is 0.163 e. The lowest BCUT2D eigenvalue weighted by molar-refractivity contribution is 0.101. The Kier molecular flexibility index (Phi) is 2.23. The minimum atomic E-state index is -0.0201. The number of benzene rings is 1. The van der Waals surface area contributed by atoms with Gasteiger partial charge in [0.15, 0.2) is 5.78 Å². The number of aryl methyl sites for hydroxylation is 1. The summed E-state index contributed by atoms with van der Waals surface area (Å²) in [4.78, 5) is 11.4. The van der Waals surface area contributed by atoms with E-state index in [1.54, 1.807) is 13.2 Å². The second kappa shape index (κ2) is 3.42. The van der Waals surface area contributed by atoms with E-state index >= 15 is 0 Å². The third-order valence-electron chi connectivity index (χ3n) is 2.33. The third kappa shape index (κ3) is 1.61. The van der Waals surface area contributed by atoms with Crippen LogP contribution in [0.15, 0.2) is 22.6 Å². The molecule has 78 valence electrons. The first-order chi connectivity index (χ1) is 7.11. The van der Waals surface area contributed by atoms with Crippen molar-refractivity contribution in [3.8, 4) is 5.75 Å². The van der Waals surface area contributed by atoms with Crippen LogP contribution in [0.3, 0.4) is 0 Å². The summed E-state index contributed by atoms with van der Waals surface area (Å²) in [5.41, 5.74) is 1.21. The van der Waals surface area contributed by atoms with E-state index in [0.717, 1.165) is 11.1 Å². The number of Topliss-reactive ketones (excluding diaryl/α,β-unsaturated/α-hetero) is 1. The van der Waals surface area contributed by atoms with Gasteiger partial charge in [0.05, 0.1) is 12.7 Å². The number of fused-ring (bicyclic) bond motifs is 1. The standard InChI is InChI=1S/C12H12O3/c1-7-4-9-5-10(14-3)6-11(8(2)13)12(9)15-7/h4-6H,1-3H3. The van der Waals surface area contributed by atoms with Crippen LogP contribution < -0.4 is 4.74 Å². The van der Waals surface area contributed by atoms with E-state index in [-0.39, 0.29) is 5.78 Å². The van der Waals surface area contributed by atoms with Gasteiger partial charge in [-0.1, -0.05) is 0 Å². The number of furan rings is 1. The van der Waals surface area contributed by atoms with Gasteiger partial charge >= 0.3 is 0 Å². The number of hydrogen-bond donors (Lipinski definition) is 0. The molecule has 0 saturated heterocycles. The van der Waals surface area contributed by atoms with Gasteiger partial charge in [0.2, 0.25) is 0 Å².